The van der Waals surface area contributed by atoms with Crippen molar-refractivity contribution in [1.29, 1.82) is 0 Å². The fraction of sp³-hybridized carbons (Fsp3) is 0.500. The predicted octanol–water partition coefficient (Wildman–Crippen LogP) is 6.81. The van der Waals surface area contributed by atoms with E-state index in [-0.39, 0.29) is 11.9 Å². The number of aromatic nitrogens is 1. The summed E-state index contributed by atoms with van der Waals surface area (Å²) in [7, 11) is 1.58. The molecular weight excluding hydrogens is 423 g/mol. The molecule has 1 fully saturated rings. The van der Waals surface area contributed by atoms with Gasteiger partial charge in [-0.15, -0.1) is 0 Å². The van der Waals surface area contributed by atoms with Gasteiger partial charge < -0.3 is 23.6 Å². The van der Waals surface area contributed by atoms with Crippen LogP contribution in [0.5, 0.6) is 17.2 Å². The summed E-state index contributed by atoms with van der Waals surface area (Å²) in [6.07, 6.45) is 4.85. The van der Waals surface area contributed by atoms with Crippen molar-refractivity contribution in [1.82, 2.24) is 5.16 Å². The predicted molar refractivity (Wildman–Crippen MR) is 127 cm³/mol. The van der Waals surface area contributed by atoms with Gasteiger partial charge in [0.25, 0.3) is 0 Å². The molecule has 6 nitrogen and oxygen atoms in total. The van der Waals surface area contributed by atoms with Crippen LogP contribution in [0.2, 0.25) is 0 Å². The van der Waals surface area contributed by atoms with E-state index in [4.69, 9.17) is 18.7 Å². The van der Waals surface area contributed by atoms with Gasteiger partial charge in [0, 0.05) is 31.3 Å². The Bertz CT molecular complexity index is 1090. The molecule has 178 valence electrons. The number of aryl methyl sites for hydroxylation is 1. The maximum absolute atomic E-state index is 15.3. The lowest BCUT2D eigenvalue weighted by Gasteiger charge is -2.27. The first-order valence-electron chi connectivity index (χ1n) is 11.9. The highest BCUT2D eigenvalue weighted by molar-refractivity contribution is 5.93. The van der Waals surface area contributed by atoms with Gasteiger partial charge in [-0.25, -0.2) is 4.39 Å². The monoisotopic (exact) mass is 456 g/mol. The Kier molecular flexibility index (Phi) is 7.38. The second-order valence-corrected chi connectivity index (χ2v) is 8.45. The van der Waals surface area contributed by atoms with Crippen LogP contribution in [0.15, 0.2) is 28.8 Å². The molecule has 3 aromatic rings. The van der Waals surface area contributed by atoms with E-state index in [1.165, 1.54) is 12.5 Å². The summed E-state index contributed by atoms with van der Waals surface area (Å²) in [5.74, 6) is 1.50. The van der Waals surface area contributed by atoms with Gasteiger partial charge in [0.2, 0.25) is 0 Å². The average molecular weight is 457 g/mol. The van der Waals surface area contributed by atoms with Crippen LogP contribution >= 0.6 is 0 Å². The second kappa shape index (κ2) is 10.4. The van der Waals surface area contributed by atoms with Crippen molar-refractivity contribution in [3.8, 4) is 17.2 Å². The first kappa shape index (κ1) is 23.4. The normalized spacial score (nSPS) is 15.1. The maximum Gasteiger partial charge on any atom is 0.180 e. The minimum absolute atomic E-state index is 0.0780. The molecular formula is C26H33FN2O4. The van der Waals surface area contributed by atoms with Crippen LogP contribution in [-0.4, -0.2) is 32.0 Å². The van der Waals surface area contributed by atoms with Crippen molar-refractivity contribution in [2.45, 2.75) is 59.0 Å². The number of halogens is 1. The Hall–Kier alpha value is -2.80. The van der Waals surface area contributed by atoms with E-state index < -0.39 is 5.82 Å². The molecule has 1 aliphatic rings. The molecule has 2 heterocycles. The number of ether oxygens (including phenoxy) is 3. The lowest BCUT2D eigenvalue weighted by Crippen LogP contribution is -2.29. The van der Waals surface area contributed by atoms with Crippen LogP contribution in [0.3, 0.4) is 0 Å². The number of methoxy groups -OCH3 is 1. The van der Waals surface area contributed by atoms with Gasteiger partial charge in [0.15, 0.2) is 34.5 Å². The molecule has 0 amide bonds. The fourth-order valence-corrected chi connectivity index (χ4v) is 4.51. The van der Waals surface area contributed by atoms with E-state index in [9.17, 15) is 0 Å². The van der Waals surface area contributed by atoms with Crippen LogP contribution in [0.4, 0.5) is 10.2 Å². The van der Waals surface area contributed by atoms with Crippen LogP contribution < -0.4 is 14.4 Å². The number of nitrogens with zero attached hydrogens (tertiary/aromatic N) is 2. The molecule has 1 aliphatic heterocycles. The number of benzene rings is 2. The Morgan fingerprint density at radius 2 is 1.91 bits per heavy atom. The number of hydrogen-bond acceptors (Lipinski definition) is 6. The quantitative estimate of drug-likeness (QED) is 0.353. The topological polar surface area (TPSA) is 57.0 Å². The number of hydrogen-bond donors (Lipinski definition) is 0. The molecule has 0 bridgehead atoms. The highest BCUT2D eigenvalue weighted by atomic mass is 19.1. The molecule has 33 heavy (non-hydrogen) atoms. The zero-order valence-corrected chi connectivity index (χ0v) is 19.9. The highest BCUT2D eigenvalue weighted by Gasteiger charge is 2.26. The smallest absolute Gasteiger partial charge is 0.180 e. The van der Waals surface area contributed by atoms with E-state index in [0.29, 0.717) is 30.1 Å². The molecule has 1 unspecified atom stereocenters. The van der Waals surface area contributed by atoms with Gasteiger partial charge >= 0.3 is 0 Å². The zero-order valence-electron chi connectivity index (χ0n) is 19.9. The largest absolute Gasteiger partial charge is 0.493 e. The zero-order chi connectivity index (χ0) is 23.4. The third-order valence-corrected chi connectivity index (χ3v) is 6.19. The van der Waals surface area contributed by atoms with Crippen molar-refractivity contribution in [2.24, 2.45) is 0 Å². The molecule has 0 aliphatic carbocycles. The van der Waals surface area contributed by atoms with Crippen LogP contribution in [0, 0.1) is 5.82 Å². The molecule has 0 spiro atoms. The average Bonchev–Trinajstić information content (AvgIpc) is 3.25. The summed E-state index contributed by atoms with van der Waals surface area (Å²) in [5.41, 5.74) is 2.21. The minimum Gasteiger partial charge on any atom is -0.493 e. The van der Waals surface area contributed by atoms with Gasteiger partial charge in [-0.3, -0.25) is 0 Å². The summed E-state index contributed by atoms with van der Waals surface area (Å²) in [4.78, 5) is 2.24. The molecule has 0 saturated carbocycles. The summed E-state index contributed by atoms with van der Waals surface area (Å²) >= 11 is 0. The Labute approximate surface area is 194 Å². The van der Waals surface area contributed by atoms with Gasteiger partial charge in [0.1, 0.15) is 0 Å². The number of anilines is 1. The number of fused-ring (bicyclic) bond motifs is 1. The first-order chi connectivity index (χ1) is 16.1. The number of piperidine rings is 1. The summed E-state index contributed by atoms with van der Waals surface area (Å²) < 4.78 is 38.3. The summed E-state index contributed by atoms with van der Waals surface area (Å²) in [6.45, 7) is 8.48. The van der Waals surface area contributed by atoms with Crippen molar-refractivity contribution >= 4 is 16.8 Å². The van der Waals surface area contributed by atoms with Crippen LogP contribution in [0.1, 0.15) is 63.7 Å². The fourth-order valence-electron chi connectivity index (χ4n) is 4.51. The molecule has 0 N–H and O–H groups in total. The van der Waals surface area contributed by atoms with Gasteiger partial charge in [-0.05, 0) is 57.2 Å². The van der Waals surface area contributed by atoms with Crippen molar-refractivity contribution < 1.29 is 23.1 Å². The summed E-state index contributed by atoms with van der Waals surface area (Å²) in [6, 6.07) is 6.99. The van der Waals surface area contributed by atoms with Gasteiger partial charge in [0.05, 0.1) is 18.6 Å². The molecule has 1 atom stereocenters. The lowest BCUT2D eigenvalue weighted by atomic mass is 10.0. The molecule has 1 aromatic heterocycles. The molecule has 1 saturated heterocycles. The third-order valence-electron chi connectivity index (χ3n) is 6.19. The third kappa shape index (κ3) is 4.78. The number of rotatable bonds is 9. The van der Waals surface area contributed by atoms with Gasteiger partial charge in [-0.1, -0.05) is 24.6 Å². The Morgan fingerprint density at radius 1 is 1.12 bits per heavy atom. The first-order valence-corrected chi connectivity index (χ1v) is 11.9. The maximum atomic E-state index is 15.3. The molecule has 7 heteroatoms. The molecule has 4 rings (SSSR count). The van der Waals surface area contributed by atoms with E-state index in [0.717, 1.165) is 54.7 Å². The minimum atomic E-state index is -0.471. The van der Waals surface area contributed by atoms with Crippen molar-refractivity contribution in [2.75, 3.05) is 31.7 Å². The van der Waals surface area contributed by atoms with E-state index in [2.05, 4.69) is 17.0 Å². The van der Waals surface area contributed by atoms with Crippen molar-refractivity contribution in [3.63, 3.8) is 0 Å². The highest BCUT2D eigenvalue weighted by Crippen LogP contribution is 2.42. The molecule has 0 radical (unpaired) electrons. The van der Waals surface area contributed by atoms with Crippen molar-refractivity contribution in [3.05, 3.63) is 41.2 Å². The molecule has 2 aromatic carbocycles. The van der Waals surface area contributed by atoms with Crippen LogP contribution in [-0.2, 0) is 11.2 Å². The Balaban J connectivity index is 1.77. The Morgan fingerprint density at radius 3 is 2.61 bits per heavy atom. The van der Waals surface area contributed by atoms with Gasteiger partial charge in [-0.2, -0.15) is 0 Å². The van der Waals surface area contributed by atoms with Crippen LogP contribution in [0.25, 0.3) is 11.0 Å². The second-order valence-electron chi connectivity index (χ2n) is 8.45. The van der Waals surface area contributed by atoms with E-state index in [1.807, 2.05) is 32.0 Å². The standard InChI is InChI=1S/C26H33FN2O4/c1-5-10-19-24-23(33-28-26(24)29-13-8-7-9-14-29)16-20(27)25(19)32-21-12-11-18(15-22(21)30-4)17(3)31-6-2/h11-12,15-17H,5-10,13-14H2,1-4H3. The van der Waals surface area contributed by atoms with E-state index >= 15 is 4.39 Å². The SMILES string of the molecule is CCCc1c(Oc2ccc(C(C)OCC)cc2OC)c(F)cc2onc(N3CCCCC3)c12. The lowest BCUT2D eigenvalue weighted by molar-refractivity contribution is 0.0762. The summed E-state index contributed by atoms with van der Waals surface area (Å²) in [5, 5.41) is 5.17. The van der Waals surface area contributed by atoms with E-state index in [1.54, 1.807) is 7.11 Å².